The molecule has 32 heavy (non-hydrogen) atoms. The molecule has 0 bridgehead atoms. The Morgan fingerprint density at radius 2 is 1.78 bits per heavy atom. The fraction of sp³-hybridized carbons (Fsp3) is 0.120. The van der Waals surface area contributed by atoms with Gasteiger partial charge in [-0.15, -0.1) is 0 Å². The summed E-state index contributed by atoms with van der Waals surface area (Å²) in [7, 11) is 1.43. The molecule has 2 N–H and O–H groups in total. The van der Waals surface area contributed by atoms with E-state index in [1.165, 1.54) is 13.2 Å². The van der Waals surface area contributed by atoms with Crippen molar-refractivity contribution in [1.29, 1.82) is 0 Å². The fourth-order valence-corrected chi connectivity index (χ4v) is 4.05. The quantitative estimate of drug-likeness (QED) is 0.475. The van der Waals surface area contributed by atoms with Crippen LogP contribution in [0.3, 0.4) is 0 Å². The van der Waals surface area contributed by atoms with Crippen LogP contribution in [0.25, 0.3) is 11.0 Å². The summed E-state index contributed by atoms with van der Waals surface area (Å²) in [4.78, 5) is 26.3. The van der Waals surface area contributed by atoms with Crippen molar-refractivity contribution in [3.05, 3.63) is 94.3 Å². The smallest absolute Gasteiger partial charge is 0.344 e. The fourth-order valence-electron chi connectivity index (χ4n) is 4.05. The number of amides is 1. The summed E-state index contributed by atoms with van der Waals surface area (Å²) >= 11 is 0. The highest BCUT2D eigenvalue weighted by Gasteiger charge is 2.44. The monoisotopic (exact) mass is 429 g/mol. The molecule has 2 atom stereocenters. The van der Waals surface area contributed by atoms with Gasteiger partial charge in [0.2, 0.25) is 0 Å². The van der Waals surface area contributed by atoms with Gasteiger partial charge in [0.15, 0.2) is 17.6 Å². The number of fused-ring (bicyclic) bond motifs is 3. The van der Waals surface area contributed by atoms with Crippen molar-refractivity contribution in [1.82, 2.24) is 0 Å². The van der Waals surface area contributed by atoms with Gasteiger partial charge in [0, 0.05) is 5.69 Å². The number of hydrogen-bond donors (Lipinski definition) is 2. The summed E-state index contributed by atoms with van der Waals surface area (Å²) in [6, 6.07) is 20.7. The lowest BCUT2D eigenvalue weighted by Crippen LogP contribution is -2.35. The molecule has 4 aromatic rings. The van der Waals surface area contributed by atoms with E-state index in [4.69, 9.17) is 13.9 Å². The van der Waals surface area contributed by atoms with Crippen LogP contribution in [0.4, 0.5) is 5.69 Å². The Hall–Kier alpha value is -4.26. The molecule has 1 amide bonds. The van der Waals surface area contributed by atoms with Crippen LogP contribution in [0, 0.1) is 0 Å². The van der Waals surface area contributed by atoms with Crippen LogP contribution in [0.2, 0.25) is 0 Å². The molecule has 0 saturated heterocycles. The number of anilines is 1. The molecule has 7 heteroatoms. The van der Waals surface area contributed by atoms with Crippen molar-refractivity contribution < 1.29 is 23.8 Å². The van der Waals surface area contributed by atoms with Crippen molar-refractivity contribution in [2.45, 2.75) is 12.0 Å². The van der Waals surface area contributed by atoms with Crippen molar-refractivity contribution in [2.75, 3.05) is 12.4 Å². The summed E-state index contributed by atoms with van der Waals surface area (Å²) in [5, 5.41) is 13.5. The summed E-state index contributed by atoms with van der Waals surface area (Å²) in [5.74, 6) is -0.673. The van der Waals surface area contributed by atoms with Crippen molar-refractivity contribution in [3.63, 3.8) is 0 Å². The number of hydrogen-bond acceptors (Lipinski definition) is 6. The topological polar surface area (TPSA) is 98.0 Å². The average Bonchev–Trinajstić information content (AvgIpc) is 3.22. The predicted molar refractivity (Wildman–Crippen MR) is 118 cm³/mol. The molecular formula is C25H19NO6. The largest absolute Gasteiger partial charge is 0.504 e. The lowest BCUT2D eigenvalue weighted by atomic mass is 9.88. The van der Waals surface area contributed by atoms with Crippen LogP contribution >= 0.6 is 0 Å². The van der Waals surface area contributed by atoms with E-state index < -0.39 is 23.6 Å². The Morgan fingerprint density at radius 3 is 2.56 bits per heavy atom. The third-order valence-electron chi connectivity index (χ3n) is 5.52. The molecule has 3 aromatic carbocycles. The SMILES string of the molecule is COc1cc([C@H]2c3c(c4ccccc4oc3=O)O[C@H]2C(=O)Nc2ccccc2)ccc1O. The predicted octanol–water partition coefficient (Wildman–Crippen LogP) is 4.04. The number of carbonyl (C=O) groups is 1. The standard InChI is InChI=1S/C25H19NO6/c1-30-19-13-14(11-12-17(19)27)20-21-22(16-9-5-6-10-18(16)31-25(21)29)32-23(20)24(28)26-15-7-3-2-4-8-15/h2-13,20,23,27H,1H3,(H,26,28)/t20-,23+/m0/s1. The van der Waals surface area contributed by atoms with Crippen molar-refractivity contribution >= 4 is 22.6 Å². The number of benzene rings is 3. The number of aromatic hydroxyl groups is 1. The molecule has 1 aliphatic rings. The first-order valence-electron chi connectivity index (χ1n) is 10.0. The number of ether oxygens (including phenoxy) is 2. The van der Waals surface area contributed by atoms with Gasteiger partial charge in [-0.1, -0.05) is 36.4 Å². The van der Waals surface area contributed by atoms with E-state index in [0.29, 0.717) is 28.0 Å². The van der Waals surface area contributed by atoms with E-state index in [0.717, 1.165) is 0 Å². The first-order chi connectivity index (χ1) is 15.6. The number of phenolic OH excluding ortho intramolecular Hbond substituents is 1. The van der Waals surface area contributed by atoms with E-state index in [9.17, 15) is 14.7 Å². The van der Waals surface area contributed by atoms with Crippen LogP contribution in [-0.4, -0.2) is 24.2 Å². The third kappa shape index (κ3) is 3.24. The molecule has 160 valence electrons. The third-order valence-corrected chi connectivity index (χ3v) is 5.52. The Bertz CT molecular complexity index is 1380. The van der Waals surface area contributed by atoms with Gasteiger partial charge in [0.1, 0.15) is 11.3 Å². The van der Waals surface area contributed by atoms with Crippen LogP contribution in [0.1, 0.15) is 17.0 Å². The zero-order valence-electron chi connectivity index (χ0n) is 17.1. The summed E-state index contributed by atoms with van der Waals surface area (Å²) in [5.41, 5.74) is 1.24. The van der Waals surface area contributed by atoms with Crippen molar-refractivity contribution in [2.24, 2.45) is 0 Å². The first kappa shape index (κ1) is 19.7. The van der Waals surface area contributed by atoms with Crippen LogP contribution in [-0.2, 0) is 4.79 Å². The van der Waals surface area contributed by atoms with Crippen LogP contribution in [0.15, 0.2) is 82.0 Å². The highest BCUT2D eigenvalue weighted by atomic mass is 16.5. The van der Waals surface area contributed by atoms with E-state index in [2.05, 4.69) is 5.32 Å². The molecule has 5 rings (SSSR count). The second-order valence-corrected chi connectivity index (χ2v) is 7.43. The number of nitrogens with one attached hydrogen (secondary N) is 1. The van der Waals surface area contributed by atoms with E-state index in [-0.39, 0.29) is 17.1 Å². The lowest BCUT2D eigenvalue weighted by Gasteiger charge is -2.19. The molecule has 2 heterocycles. The van der Waals surface area contributed by atoms with Gasteiger partial charge in [-0.05, 0) is 42.0 Å². The second-order valence-electron chi connectivity index (χ2n) is 7.43. The highest BCUT2D eigenvalue weighted by molar-refractivity contribution is 5.97. The minimum Gasteiger partial charge on any atom is -0.504 e. The number of methoxy groups -OCH3 is 1. The van der Waals surface area contributed by atoms with Gasteiger partial charge in [-0.25, -0.2) is 4.79 Å². The molecule has 0 aliphatic carbocycles. The number of para-hydroxylation sites is 2. The first-order valence-corrected chi connectivity index (χ1v) is 10.0. The molecule has 0 radical (unpaired) electrons. The van der Waals surface area contributed by atoms with Crippen LogP contribution in [0.5, 0.6) is 17.2 Å². The van der Waals surface area contributed by atoms with Crippen LogP contribution < -0.4 is 20.4 Å². The number of carbonyl (C=O) groups excluding carboxylic acids is 1. The molecule has 1 aromatic heterocycles. The summed E-state index contributed by atoms with van der Waals surface area (Å²) in [6.07, 6.45) is -1.03. The maximum Gasteiger partial charge on any atom is 0.344 e. The molecule has 0 spiro atoms. The molecule has 7 nitrogen and oxygen atoms in total. The van der Waals surface area contributed by atoms with E-state index in [1.54, 1.807) is 42.5 Å². The van der Waals surface area contributed by atoms with Crippen molar-refractivity contribution in [3.8, 4) is 17.2 Å². The highest BCUT2D eigenvalue weighted by Crippen LogP contribution is 2.45. The van der Waals surface area contributed by atoms with Gasteiger partial charge in [0.05, 0.1) is 24.0 Å². The maximum absolute atomic E-state index is 13.3. The van der Waals surface area contributed by atoms with Gasteiger partial charge in [-0.3, -0.25) is 4.79 Å². The minimum absolute atomic E-state index is 0.0498. The molecular weight excluding hydrogens is 410 g/mol. The lowest BCUT2D eigenvalue weighted by molar-refractivity contribution is -0.122. The average molecular weight is 429 g/mol. The summed E-state index contributed by atoms with van der Waals surface area (Å²) in [6.45, 7) is 0. The Morgan fingerprint density at radius 1 is 1.03 bits per heavy atom. The Kier molecular flexibility index (Phi) is 4.78. The zero-order chi connectivity index (χ0) is 22.2. The maximum atomic E-state index is 13.3. The Balaban J connectivity index is 1.67. The molecule has 0 saturated carbocycles. The molecule has 0 unspecified atom stereocenters. The van der Waals surface area contributed by atoms with Gasteiger partial charge in [-0.2, -0.15) is 0 Å². The van der Waals surface area contributed by atoms with Gasteiger partial charge in [0.25, 0.3) is 5.91 Å². The minimum atomic E-state index is -1.03. The van der Waals surface area contributed by atoms with E-state index in [1.807, 2.05) is 24.3 Å². The van der Waals surface area contributed by atoms with Gasteiger partial charge >= 0.3 is 5.63 Å². The number of rotatable bonds is 4. The molecule has 0 fully saturated rings. The zero-order valence-corrected chi connectivity index (χ0v) is 17.1. The summed E-state index contributed by atoms with van der Waals surface area (Å²) < 4.78 is 16.9. The molecule has 1 aliphatic heterocycles. The second kappa shape index (κ2) is 7.77. The Labute approximate surface area is 182 Å². The normalized spacial score (nSPS) is 16.9. The number of phenols is 1. The van der Waals surface area contributed by atoms with E-state index >= 15 is 0 Å². The van der Waals surface area contributed by atoms with Gasteiger partial charge < -0.3 is 24.3 Å².